The lowest BCUT2D eigenvalue weighted by molar-refractivity contribution is 0.979. The van der Waals surface area contributed by atoms with E-state index in [1.54, 1.807) is 0 Å². The zero-order valence-corrected chi connectivity index (χ0v) is 23.0. The van der Waals surface area contributed by atoms with Crippen molar-refractivity contribution in [1.82, 2.24) is 5.32 Å². The first-order chi connectivity index (χ1) is 17.5. The minimum absolute atomic E-state index is 0.937. The lowest BCUT2D eigenvalue weighted by Crippen LogP contribution is -2.16. The Morgan fingerprint density at radius 2 is 1.47 bits per heavy atom. The third-order valence-corrected chi connectivity index (χ3v) is 5.90. The minimum atomic E-state index is 0.937. The summed E-state index contributed by atoms with van der Waals surface area (Å²) in [4.78, 5) is 0. The highest BCUT2D eigenvalue weighted by Gasteiger charge is 2.06. The second kappa shape index (κ2) is 15.3. The average Bonchev–Trinajstić information content (AvgIpc) is 2.92. The number of hydrogen-bond acceptors (Lipinski definition) is 2. The quantitative estimate of drug-likeness (QED) is 0.357. The van der Waals surface area contributed by atoms with Crippen molar-refractivity contribution in [2.75, 3.05) is 11.9 Å². The van der Waals surface area contributed by atoms with Gasteiger partial charge in [0, 0.05) is 35.3 Å². The smallest absolute Gasteiger partial charge is 0.0421 e. The lowest BCUT2D eigenvalue weighted by Gasteiger charge is -2.16. The number of benzene rings is 3. The summed E-state index contributed by atoms with van der Waals surface area (Å²) in [6.45, 7) is 15.5. The molecule has 0 atom stereocenters. The van der Waals surface area contributed by atoms with Gasteiger partial charge in [-0.05, 0) is 69.5 Å². The molecule has 3 aromatic rings. The summed E-state index contributed by atoms with van der Waals surface area (Å²) in [5, 5.41) is 6.77. The number of rotatable bonds is 5. The summed E-state index contributed by atoms with van der Waals surface area (Å²) in [7, 11) is 0. The molecule has 0 radical (unpaired) electrons. The van der Waals surface area contributed by atoms with E-state index in [0.717, 1.165) is 12.2 Å². The SMILES string of the molecule is C/C=C(C)\C(=C/Nc1ccc(C)cc1)c1ccccc1.CC.CC1=CCNC(c2ccccc2C)=C1. The molecule has 0 aromatic heterocycles. The van der Waals surface area contributed by atoms with E-state index in [9.17, 15) is 0 Å². The van der Waals surface area contributed by atoms with Crippen LogP contribution in [0.15, 0.2) is 114 Å². The van der Waals surface area contributed by atoms with Gasteiger partial charge in [-0.3, -0.25) is 0 Å². The van der Waals surface area contributed by atoms with Crippen LogP contribution in [0.25, 0.3) is 11.3 Å². The largest absolute Gasteiger partial charge is 0.381 e. The minimum Gasteiger partial charge on any atom is -0.381 e. The van der Waals surface area contributed by atoms with Crippen LogP contribution in [0.1, 0.15) is 56.9 Å². The number of dihydropyridines is 1. The molecular weight excluding hydrogens is 436 g/mol. The van der Waals surface area contributed by atoms with Gasteiger partial charge in [-0.1, -0.05) is 104 Å². The van der Waals surface area contributed by atoms with Crippen molar-refractivity contribution in [3.8, 4) is 0 Å². The molecule has 0 bridgehead atoms. The van der Waals surface area contributed by atoms with Gasteiger partial charge in [0.05, 0.1) is 0 Å². The maximum absolute atomic E-state index is 3.39. The average molecular weight is 479 g/mol. The molecule has 1 heterocycles. The molecule has 0 fully saturated rings. The van der Waals surface area contributed by atoms with Crippen molar-refractivity contribution >= 4 is 17.0 Å². The van der Waals surface area contributed by atoms with Gasteiger partial charge in [0.1, 0.15) is 0 Å². The standard InChI is InChI=1S/C19H21N.C13H15N.C2H6/c1-4-16(3)19(17-8-6-5-7-9-17)14-20-18-12-10-15(2)11-13-18;1-10-7-8-14-13(9-10)12-6-4-3-5-11(12)2;1-2/h4-14,20H,1-3H3;3-7,9,14H,8H2,1-2H3;1-2H3/b16-4-,19-14+;;. The molecule has 0 saturated heterocycles. The molecule has 2 heteroatoms. The molecule has 0 spiro atoms. The van der Waals surface area contributed by atoms with Gasteiger partial charge in [-0.2, -0.15) is 0 Å². The Bertz CT molecular complexity index is 1190. The summed E-state index contributed by atoms with van der Waals surface area (Å²) in [6, 6.07) is 27.3. The fourth-order valence-electron chi connectivity index (χ4n) is 3.71. The van der Waals surface area contributed by atoms with E-state index in [4.69, 9.17) is 0 Å². The summed E-state index contributed by atoms with van der Waals surface area (Å²) < 4.78 is 0. The second-order valence-corrected chi connectivity index (χ2v) is 8.61. The molecule has 0 saturated carbocycles. The van der Waals surface area contributed by atoms with E-state index in [-0.39, 0.29) is 0 Å². The molecule has 4 rings (SSSR count). The Hall–Kier alpha value is -3.78. The molecule has 1 aliphatic rings. The monoisotopic (exact) mass is 478 g/mol. The fourth-order valence-corrected chi connectivity index (χ4v) is 3.71. The van der Waals surface area contributed by atoms with Gasteiger partial charge in [0.25, 0.3) is 0 Å². The number of allylic oxidation sites excluding steroid dienone is 5. The molecule has 2 nitrogen and oxygen atoms in total. The number of nitrogens with one attached hydrogen (secondary N) is 2. The van der Waals surface area contributed by atoms with Crippen LogP contribution in [0.2, 0.25) is 0 Å². The predicted octanol–water partition coefficient (Wildman–Crippen LogP) is 9.33. The summed E-state index contributed by atoms with van der Waals surface area (Å²) >= 11 is 0. The van der Waals surface area contributed by atoms with E-state index in [0.29, 0.717) is 0 Å². The van der Waals surface area contributed by atoms with E-state index >= 15 is 0 Å². The molecular formula is C34H42N2. The van der Waals surface area contributed by atoms with E-state index < -0.39 is 0 Å². The van der Waals surface area contributed by atoms with Crippen LogP contribution in [0.4, 0.5) is 5.69 Å². The molecule has 0 amide bonds. The van der Waals surface area contributed by atoms with Crippen LogP contribution in [0, 0.1) is 13.8 Å². The van der Waals surface area contributed by atoms with Crippen molar-refractivity contribution in [3.05, 3.63) is 137 Å². The van der Waals surface area contributed by atoms with Gasteiger partial charge in [0.2, 0.25) is 0 Å². The maximum Gasteiger partial charge on any atom is 0.0421 e. The zero-order chi connectivity index (χ0) is 26.3. The van der Waals surface area contributed by atoms with Crippen LogP contribution in [0.5, 0.6) is 0 Å². The third-order valence-electron chi connectivity index (χ3n) is 5.90. The topological polar surface area (TPSA) is 24.1 Å². The molecule has 0 unspecified atom stereocenters. The Kier molecular flexibility index (Phi) is 12.1. The van der Waals surface area contributed by atoms with Crippen molar-refractivity contribution in [3.63, 3.8) is 0 Å². The summed E-state index contributed by atoms with van der Waals surface area (Å²) in [6.07, 6.45) is 8.61. The zero-order valence-electron chi connectivity index (χ0n) is 23.0. The number of anilines is 1. The first-order valence-corrected chi connectivity index (χ1v) is 12.9. The first kappa shape index (κ1) is 28.5. The van der Waals surface area contributed by atoms with Crippen molar-refractivity contribution < 1.29 is 0 Å². The first-order valence-electron chi connectivity index (χ1n) is 12.9. The van der Waals surface area contributed by atoms with Crippen molar-refractivity contribution in [1.29, 1.82) is 0 Å². The molecule has 36 heavy (non-hydrogen) atoms. The van der Waals surface area contributed by atoms with Crippen LogP contribution >= 0.6 is 0 Å². The van der Waals surface area contributed by atoms with Gasteiger partial charge in [0.15, 0.2) is 0 Å². The number of aryl methyl sites for hydroxylation is 2. The van der Waals surface area contributed by atoms with E-state index in [1.807, 2.05) is 19.9 Å². The van der Waals surface area contributed by atoms with Gasteiger partial charge in [-0.25, -0.2) is 0 Å². The molecule has 3 aromatic carbocycles. The molecule has 1 aliphatic heterocycles. The fraction of sp³-hybridized carbons (Fsp3) is 0.235. The van der Waals surface area contributed by atoms with Crippen LogP contribution < -0.4 is 10.6 Å². The van der Waals surface area contributed by atoms with E-state index in [1.165, 1.54) is 44.7 Å². The Labute approximate surface area is 219 Å². The van der Waals surface area contributed by atoms with Crippen LogP contribution in [0.3, 0.4) is 0 Å². The highest BCUT2D eigenvalue weighted by molar-refractivity contribution is 5.79. The highest BCUT2D eigenvalue weighted by atomic mass is 14.9. The Morgan fingerprint density at radius 3 is 2.08 bits per heavy atom. The second-order valence-electron chi connectivity index (χ2n) is 8.61. The number of hydrogen-bond donors (Lipinski definition) is 2. The van der Waals surface area contributed by atoms with Crippen LogP contribution in [-0.2, 0) is 0 Å². The van der Waals surface area contributed by atoms with Gasteiger partial charge in [-0.15, -0.1) is 0 Å². The lowest BCUT2D eigenvalue weighted by atomic mass is 10.00. The predicted molar refractivity (Wildman–Crippen MR) is 161 cm³/mol. The van der Waals surface area contributed by atoms with Crippen molar-refractivity contribution in [2.45, 2.75) is 48.5 Å². The molecule has 2 N–H and O–H groups in total. The summed E-state index contributed by atoms with van der Waals surface area (Å²) in [5.41, 5.74) is 11.3. The van der Waals surface area contributed by atoms with Gasteiger partial charge >= 0.3 is 0 Å². The summed E-state index contributed by atoms with van der Waals surface area (Å²) in [5.74, 6) is 0. The molecule has 0 aliphatic carbocycles. The normalized spacial score (nSPS) is 13.1. The maximum atomic E-state index is 3.39. The highest BCUT2D eigenvalue weighted by Crippen LogP contribution is 2.23. The Morgan fingerprint density at radius 1 is 0.833 bits per heavy atom. The molecule has 188 valence electrons. The van der Waals surface area contributed by atoms with E-state index in [2.05, 4.69) is 142 Å². The van der Waals surface area contributed by atoms with Crippen molar-refractivity contribution in [2.24, 2.45) is 0 Å². The van der Waals surface area contributed by atoms with Crippen LogP contribution in [-0.4, -0.2) is 6.54 Å². The third kappa shape index (κ3) is 8.78. The van der Waals surface area contributed by atoms with Gasteiger partial charge < -0.3 is 10.6 Å². The Balaban J connectivity index is 0.000000250.